The van der Waals surface area contributed by atoms with Gasteiger partial charge in [0.15, 0.2) is 0 Å². The summed E-state index contributed by atoms with van der Waals surface area (Å²) in [6.45, 7) is 1.70. The second-order valence-electron chi connectivity index (χ2n) is 6.09. The van der Waals surface area contributed by atoms with E-state index >= 15 is 0 Å². The van der Waals surface area contributed by atoms with Gasteiger partial charge in [-0.2, -0.15) is 4.31 Å². The largest absolute Gasteiger partial charge is 0.371 e. The molecule has 20 heavy (non-hydrogen) atoms. The zero-order valence-corrected chi connectivity index (χ0v) is 12.0. The van der Waals surface area contributed by atoms with Crippen LogP contribution >= 0.6 is 0 Å². The number of aromatic nitrogens is 3. The third-order valence-corrected chi connectivity index (χ3v) is 6.98. The van der Waals surface area contributed by atoms with E-state index in [-0.39, 0.29) is 16.9 Å². The monoisotopic (exact) mass is 298 g/mol. The van der Waals surface area contributed by atoms with Gasteiger partial charge in [-0.1, -0.05) is 0 Å². The minimum atomic E-state index is -3.08. The van der Waals surface area contributed by atoms with Crippen molar-refractivity contribution in [3.8, 4) is 0 Å². The maximum absolute atomic E-state index is 12.3. The van der Waals surface area contributed by atoms with Crippen molar-refractivity contribution in [1.29, 1.82) is 0 Å². The molecule has 3 aliphatic rings. The van der Waals surface area contributed by atoms with Crippen molar-refractivity contribution in [3.05, 3.63) is 12.7 Å². The first kappa shape index (κ1) is 12.7. The van der Waals surface area contributed by atoms with Gasteiger partial charge in [0.1, 0.15) is 12.7 Å². The van der Waals surface area contributed by atoms with Crippen LogP contribution < -0.4 is 0 Å². The predicted molar refractivity (Wildman–Crippen MR) is 70.5 cm³/mol. The Kier molecular flexibility index (Phi) is 2.71. The van der Waals surface area contributed by atoms with Crippen molar-refractivity contribution >= 4 is 10.0 Å². The number of sulfonamides is 1. The predicted octanol–water partition coefficient (Wildman–Crippen LogP) is 0.176. The molecular formula is C12H18N4O3S. The molecule has 3 heterocycles. The molecule has 110 valence electrons. The Morgan fingerprint density at radius 3 is 2.70 bits per heavy atom. The van der Waals surface area contributed by atoms with Gasteiger partial charge in [0.05, 0.1) is 23.5 Å². The molecule has 7 nitrogen and oxygen atoms in total. The highest BCUT2D eigenvalue weighted by Gasteiger charge is 2.51. The van der Waals surface area contributed by atoms with Crippen LogP contribution in [-0.4, -0.2) is 58.0 Å². The highest BCUT2D eigenvalue weighted by atomic mass is 32.2. The van der Waals surface area contributed by atoms with Gasteiger partial charge in [-0.25, -0.2) is 8.42 Å². The van der Waals surface area contributed by atoms with Crippen LogP contribution in [0.25, 0.3) is 0 Å². The summed E-state index contributed by atoms with van der Waals surface area (Å²) in [5.74, 6) is 0. The van der Waals surface area contributed by atoms with Gasteiger partial charge in [-0.15, -0.1) is 10.2 Å². The maximum Gasteiger partial charge on any atom is 0.217 e. The fourth-order valence-electron chi connectivity index (χ4n) is 3.30. The molecule has 0 bridgehead atoms. The highest BCUT2D eigenvalue weighted by molar-refractivity contribution is 7.90. The fourth-order valence-corrected chi connectivity index (χ4v) is 5.21. The van der Waals surface area contributed by atoms with Crippen LogP contribution in [0.5, 0.6) is 0 Å². The summed E-state index contributed by atoms with van der Waals surface area (Å²) in [6.07, 6.45) is 6.65. The Bertz CT molecular complexity index is 598. The van der Waals surface area contributed by atoms with E-state index in [2.05, 4.69) is 10.2 Å². The molecule has 2 unspecified atom stereocenters. The Labute approximate surface area is 118 Å². The highest BCUT2D eigenvalue weighted by Crippen LogP contribution is 2.42. The molecule has 4 rings (SSSR count). The fraction of sp³-hybridized carbons (Fsp3) is 0.833. The quantitative estimate of drug-likeness (QED) is 0.795. The molecule has 1 aliphatic carbocycles. The molecule has 2 saturated heterocycles. The van der Waals surface area contributed by atoms with Crippen molar-refractivity contribution in [1.82, 2.24) is 19.1 Å². The first-order chi connectivity index (χ1) is 9.59. The standard InChI is InChI=1S/C12H18N4O3S/c17-20(18,11-1-2-11)16-4-3-12(7-16)5-10(6-19-12)15-8-13-14-9-15/h8-11H,1-7H2. The lowest BCUT2D eigenvalue weighted by atomic mass is 9.97. The Balaban J connectivity index is 1.48. The van der Waals surface area contributed by atoms with Crippen molar-refractivity contribution in [2.45, 2.75) is 42.6 Å². The van der Waals surface area contributed by atoms with E-state index in [0.717, 1.165) is 25.7 Å². The van der Waals surface area contributed by atoms with E-state index < -0.39 is 10.0 Å². The molecule has 2 atom stereocenters. The van der Waals surface area contributed by atoms with E-state index in [1.54, 1.807) is 17.0 Å². The first-order valence-corrected chi connectivity index (χ1v) is 8.56. The second-order valence-corrected chi connectivity index (χ2v) is 8.30. The number of nitrogens with zero attached hydrogens (tertiary/aromatic N) is 4. The SMILES string of the molecule is O=S(=O)(C1CC1)N1CCC2(CC(n3cnnc3)CO2)C1. The normalized spacial score (nSPS) is 35.1. The van der Waals surface area contributed by atoms with Gasteiger partial charge < -0.3 is 9.30 Å². The number of hydrogen-bond donors (Lipinski definition) is 0. The van der Waals surface area contributed by atoms with Gasteiger partial charge in [0, 0.05) is 19.5 Å². The van der Waals surface area contributed by atoms with Crippen molar-refractivity contribution in [3.63, 3.8) is 0 Å². The molecule has 2 aliphatic heterocycles. The average molecular weight is 298 g/mol. The number of hydrogen-bond acceptors (Lipinski definition) is 5. The molecule has 0 N–H and O–H groups in total. The summed E-state index contributed by atoms with van der Waals surface area (Å²) in [5, 5.41) is 7.51. The molecule has 0 aromatic carbocycles. The summed E-state index contributed by atoms with van der Waals surface area (Å²) in [6, 6.07) is 0.216. The summed E-state index contributed by atoms with van der Waals surface area (Å²) in [4.78, 5) is 0. The van der Waals surface area contributed by atoms with E-state index in [1.165, 1.54) is 0 Å². The number of rotatable bonds is 3. The molecule has 1 spiro atoms. The molecule has 8 heteroatoms. The van der Waals surface area contributed by atoms with Crippen molar-refractivity contribution in [2.24, 2.45) is 0 Å². The van der Waals surface area contributed by atoms with Gasteiger partial charge in [0.25, 0.3) is 0 Å². The minimum absolute atomic E-state index is 0.132. The molecule has 0 amide bonds. The summed E-state index contributed by atoms with van der Waals surface area (Å²) < 4.78 is 34.2. The summed E-state index contributed by atoms with van der Waals surface area (Å²) in [7, 11) is -3.08. The summed E-state index contributed by atoms with van der Waals surface area (Å²) in [5.41, 5.74) is -0.309. The Morgan fingerprint density at radius 1 is 1.25 bits per heavy atom. The first-order valence-electron chi connectivity index (χ1n) is 7.06. The Morgan fingerprint density at radius 2 is 2.00 bits per heavy atom. The molecule has 0 radical (unpaired) electrons. The topological polar surface area (TPSA) is 77.3 Å². The average Bonchev–Trinajstić information content (AvgIpc) is 2.90. The summed E-state index contributed by atoms with van der Waals surface area (Å²) >= 11 is 0. The van der Waals surface area contributed by atoms with E-state index in [0.29, 0.717) is 19.7 Å². The van der Waals surface area contributed by atoms with E-state index in [4.69, 9.17) is 4.74 Å². The molecule has 3 fully saturated rings. The second kappa shape index (κ2) is 4.25. The van der Waals surface area contributed by atoms with Gasteiger partial charge >= 0.3 is 0 Å². The van der Waals surface area contributed by atoms with E-state index in [9.17, 15) is 8.42 Å². The van der Waals surface area contributed by atoms with Crippen LogP contribution in [0.4, 0.5) is 0 Å². The molecule has 1 aromatic heterocycles. The van der Waals surface area contributed by atoms with Gasteiger partial charge in [-0.3, -0.25) is 0 Å². The third-order valence-electron chi connectivity index (χ3n) is 4.63. The lowest BCUT2D eigenvalue weighted by Gasteiger charge is -2.23. The van der Waals surface area contributed by atoms with Crippen molar-refractivity contribution < 1.29 is 13.2 Å². The van der Waals surface area contributed by atoms with Crippen LogP contribution in [0.3, 0.4) is 0 Å². The minimum Gasteiger partial charge on any atom is -0.371 e. The molecule has 1 saturated carbocycles. The van der Waals surface area contributed by atoms with E-state index in [1.807, 2.05) is 4.57 Å². The molecular weight excluding hydrogens is 280 g/mol. The Hall–Kier alpha value is -0.990. The lowest BCUT2D eigenvalue weighted by molar-refractivity contribution is 0.0165. The van der Waals surface area contributed by atoms with Crippen LogP contribution in [0.15, 0.2) is 12.7 Å². The maximum atomic E-state index is 12.3. The number of ether oxygens (including phenoxy) is 1. The smallest absolute Gasteiger partial charge is 0.217 e. The lowest BCUT2D eigenvalue weighted by Crippen LogP contribution is -2.37. The third kappa shape index (κ3) is 1.97. The molecule has 1 aromatic rings. The van der Waals surface area contributed by atoms with Crippen LogP contribution in [0, 0.1) is 0 Å². The van der Waals surface area contributed by atoms with Gasteiger partial charge in [-0.05, 0) is 19.3 Å². The van der Waals surface area contributed by atoms with Crippen LogP contribution in [0.2, 0.25) is 0 Å². The van der Waals surface area contributed by atoms with Crippen molar-refractivity contribution in [2.75, 3.05) is 19.7 Å². The zero-order chi connectivity index (χ0) is 13.8. The van der Waals surface area contributed by atoms with Crippen LogP contribution in [-0.2, 0) is 14.8 Å². The zero-order valence-electron chi connectivity index (χ0n) is 11.2. The van der Waals surface area contributed by atoms with Crippen LogP contribution in [0.1, 0.15) is 31.7 Å². The van der Waals surface area contributed by atoms with Gasteiger partial charge in [0.2, 0.25) is 10.0 Å².